The molecule has 0 aliphatic rings. The Kier molecular flexibility index (Phi) is 3.82. The molecule has 3 rings (SSSR count). The molecule has 0 spiro atoms. The molecule has 0 unspecified atom stereocenters. The number of nitrogens with zero attached hydrogens (tertiary/aromatic N) is 3. The quantitative estimate of drug-likeness (QED) is 0.423. The average Bonchev–Trinajstić information content (AvgIpc) is 2.47. The van der Waals surface area contributed by atoms with Gasteiger partial charge in [0.1, 0.15) is 21.5 Å². The number of nitro groups is 1. The summed E-state index contributed by atoms with van der Waals surface area (Å²) in [6.45, 7) is 0. The lowest BCUT2D eigenvalue weighted by Crippen LogP contribution is -2.30. The van der Waals surface area contributed by atoms with Crippen molar-refractivity contribution in [2.45, 2.75) is 0 Å². The Hall–Kier alpha value is -2.78. The molecular weight excluding hydrogens is 366 g/mol. The van der Waals surface area contributed by atoms with E-state index < -0.39 is 33.4 Å². The molecule has 2 aromatic heterocycles. The van der Waals surface area contributed by atoms with Crippen LogP contribution in [0.1, 0.15) is 0 Å². The maximum atomic E-state index is 14.2. The van der Waals surface area contributed by atoms with Gasteiger partial charge in [0.25, 0.3) is 11.2 Å². The van der Waals surface area contributed by atoms with Gasteiger partial charge in [0.15, 0.2) is 0 Å². The van der Waals surface area contributed by atoms with Crippen molar-refractivity contribution < 1.29 is 9.31 Å². The minimum atomic E-state index is -1.01. The normalized spacial score (nSPS) is 11.0. The van der Waals surface area contributed by atoms with Crippen LogP contribution in [0.4, 0.5) is 10.1 Å². The number of nitro benzene ring substituents is 1. The lowest BCUT2D eigenvalue weighted by molar-refractivity contribution is -0.384. The highest BCUT2D eigenvalue weighted by Crippen LogP contribution is 2.25. The fourth-order valence-corrected chi connectivity index (χ4v) is 2.71. The summed E-state index contributed by atoms with van der Waals surface area (Å²) in [5.74, 6) is -0.917. The van der Waals surface area contributed by atoms with E-state index in [4.69, 9.17) is 23.2 Å². The molecule has 0 radical (unpaired) electrons. The number of benzene rings is 1. The molecule has 0 aliphatic heterocycles. The first kappa shape index (κ1) is 16.1. The van der Waals surface area contributed by atoms with E-state index in [1.165, 1.54) is 0 Å². The third-order valence-electron chi connectivity index (χ3n) is 3.20. The van der Waals surface area contributed by atoms with Crippen LogP contribution in [-0.2, 0) is 0 Å². The third-order valence-corrected chi connectivity index (χ3v) is 3.66. The zero-order valence-corrected chi connectivity index (χ0v) is 12.9. The van der Waals surface area contributed by atoms with Crippen molar-refractivity contribution in [3.8, 4) is 5.69 Å². The first-order valence-electron chi connectivity index (χ1n) is 6.25. The molecule has 0 saturated carbocycles. The van der Waals surface area contributed by atoms with Crippen LogP contribution in [0, 0.1) is 15.9 Å². The van der Waals surface area contributed by atoms with Crippen molar-refractivity contribution in [2.75, 3.05) is 0 Å². The van der Waals surface area contributed by atoms with Crippen LogP contribution >= 0.6 is 23.2 Å². The van der Waals surface area contributed by atoms with Gasteiger partial charge in [0.05, 0.1) is 16.1 Å². The van der Waals surface area contributed by atoms with Gasteiger partial charge >= 0.3 is 5.69 Å². The van der Waals surface area contributed by atoms with Gasteiger partial charge in [-0.1, -0.05) is 23.2 Å². The molecule has 11 heteroatoms. The van der Waals surface area contributed by atoms with Gasteiger partial charge in [0, 0.05) is 18.2 Å². The van der Waals surface area contributed by atoms with Gasteiger partial charge < -0.3 is 0 Å². The van der Waals surface area contributed by atoms with Crippen molar-refractivity contribution >= 4 is 39.8 Å². The van der Waals surface area contributed by atoms with E-state index in [2.05, 4.69) is 4.98 Å². The van der Waals surface area contributed by atoms with Crippen LogP contribution in [0.5, 0.6) is 0 Å². The summed E-state index contributed by atoms with van der Waals surface area (Å²) in [6.07, 6.45) is 0. The number of hydrogen-bond acceptors (Lipinski definition) is 5. The second kappa shape index (κ2) is 5.69. The van der Waals surface area contributed by atoms with E-state index in [-0.39, 0.29) is 21.2 Å². The van der Waals surface area contributed by atoms with Crippen LogP contribution in [0.15, 0.2) is 33.9 Å². The number of aromatic nitrogens is 3. The van der Waals surface area contributed by atoms with E-state index in [1.54, 1.807) is 0 Å². The molecule has 24 heavy (non-hydrogen) atoms. The number of fused-ring (bicyclic) bond motifs is 1. The summed E-state index contributed by atoms with van der Waals surface area (Å²) in [5, 5.41) is 10.3. The Bertz CT molecular complexity index is 1130. The SMILES string of the molecule is O=c1[nH]c(=O)n(-c2cc([N+](=O)[O-])ccc2F)c2cc(Cl)nc(Cl)c12. The molecule has 1 N–H and O–H groups in total. The molecule has 0 aliphatic carbocycles. The summed E-state index contributed by atoms with van der Waals surface area (Å²) < 4.78 is 14.9. The van der Waals surface area contributed by atoms with Crippen molar-refractivity contribution in [3.63, 3.8) is 0 Å². The highest BCUT2D eigenvalue weighted by molar-refractivity contribution is 6.36. The molecule has 0 bridgehead atoms. The van der Waals surface area contributed by atoms with Gasteiger partial charge in [0.2, 0.25) is 0 Å². The van der Waals surface area contributed by atoms with Crippen molar-refractivity contribution in [3.05, 3.63) is 71.3 Å². The van der Waals surface area contributed by atoms with Crippen molar-refractivity contribution in [1.29, 1.82) is 0 Å². The number of pyridine rings is 1. The second-order valence-electron chi connectivity index (χ2n) is 4.62. The summed E-state index contributed by atoms with van der Waals surface area (Å²) in [4.78, 5) is 39.9. The number of hydrogen-bond donors (Lipinski definition) is 1. The first-order valence-corrected chi connectivity index (χ1v) is 7.00. The fourth-order valence-electron chi connectivity index (χ4n) is 2.21. The van der Waals surface area contributed by atoms with Crippen LogP contribution in [-0.4, -0.2) is 19.5 Å². The smallest absolute Gasteiger partial charge is 0.273 e. The minimum absolute atomic E-state index is 0.131. The van der Waals surface area contributed by atoms with E-state index in [1.807, 2.05) is 4.98 Å². The van der Waals surface area contributed by atoms with E-state index >= 15 is 0 Å². The van der Waals surface area contributed by atoms with E-state index in [0.29, 0.717) is 0 Å². The zero-order chi connectivity index (χ0) is 17.6. The molecule has 0 fully saturated rings. The summed E-state index contributed by atoms with van der Waals surface area (Å²) in [6, 6.07) is 3.77. The highest BCUT2D eigenvalue weighted by atomic mass is 35.5. The number of rotatable bonds is 2. The molecule has 0 amide bonds. The Morgan fingerprint density at radius 2 is 1.96 bits per heavy atom. The van der Waals surface area contributed by atoms with Crippen LogP contribution in [0.25, 0.3) is 16.6 Å². The Balaban J connectivity index is 2.52. The molecule has 122 valence electrons. The largest absolute Gasteiger partial charge is 0.333 e. The first-order chi connectivity index (χ1) is 11.3. The minimum Gasteiger partial charge on any atom is -0.273 e. The number of nitrogens with one attached hydrogen (secondary N) is 1. The second-order valence-corrected chi connectivity index (χ2v) is 5.36. The van der Waals surface area contributed by atoms with Crippen molar-refractivity contribution in [1.82, 2.24) is 14.5 Å². The molecule has 2 heterocycles. The summed E-state index contributed by atoms with van der Waals surface area (Å²) in [5.41, 5.74) is -2.86. The van der Waals surface area contributed by atoms with Crippen LogP contribution < -0.4 is 11.2 Å². The molecule has 0 atom stereocenters. The topological polar surface area (TPSA) is 111 Å². The number of halogens is 3. The van der Waals surface area contributed by atoms with Crippen molar-refractivity contribution in [2.24, 2.45) is 0 Å². The van der Waals surface area contributed by atoms with E-state index in [0.717, 1.165) is 28.8 Å². The standard InChI is InChI=1S/C13H5Cl2FN4O4/c14-9-4-8-10(11(15)17-9)12(21)18-13(22)19(8)7-3-5(20(23)24)1-2-6(7)16/h1-4H,(H,18,21,22). The average molecular weight is 371 g/mol. The Morgan fingerprint density at radius 3 is 2.62 bits per heavy atom. The van der Waals surface area contributed by atoms with Gasteiger partial charge in [-0.05, 0) is 6.07 Å². The highest BCUT2D eigenvalue weighted by Gasteiger charge is 2.19. The third kappa shape index (κ3) is 2.53. The van der Waals surface area contributed by atoms with Gasteiger partial charge in [-0.25, -0.2) is 14.2 Å². The van der Waals surface area contributed by atoms with Gasteiger partial charge in [-0.3, -0.25) is 24.5 Å². The lowest BCUT2D eigenvalue weighted by atomic mass is 10.2. The molecular formula is C13H5Cl2FN4O4. The number of non-ortho nitro benzene ring substituents is 1. The number of aromatic amines is 1. The Morgan fingerprint density at radius 1 is 1.25 bits per heavy atom. The van der Waals surface area contributed by atoms with Gasteiger partial charge in [-0.2, -0.15) is 0 Å². The molecule has 3 aromatic rings. The maximum Gasteiger partial charge on any atom is 0.333 e. The predicted molar refractivity (Wildman–Crippen MR) is 84.6 cm³/mol. The fraction of sp³-hybridized carbons (Fsp3) is 0. The summed E-state index contributed by atoms with van der Waals surface area (Å²) >= 11 is 11.7. The lowest BCUT2D eigenvalue weighted by Gasteiger charge is -2.11. The summed E-state index contributed by atoms with van der Waals surface area (Å²) in [7, 11) is 0. The Labute approximate surface area is 141 Å². The molecule has 8 nitrogen and oxygen atoms in total. The molecule has 0 saturated heterocycles. The molecule has 1 aromatic carbocycles. The van der Waals surface area contributed by atoms with Gasteiger partial charge in [-0.15, -0.1) is 0 Å². The number of H-pyrrole nitrogens is 1. The van der Waals surface area contributed by atoms with Crippen LogP contribution in [0.2, 0.25) is 10.3 Å². The zero-order valence-electron chi connectivity index (χ0n) is 11.4. The monoisotopic (exact) mass is 370 g/mol. The van der Waals surface area contributed by atoms with E-state index in [9.17, 15) is 24.1 Å². The maximum absolute atomic E-state index is 14.2. The van der Waals surface area contributed by atoms with Crippen LogP contribution in [0.3, 0.4) is 0 Å². The predicted octanol–water partition coefficient (Wildman–Crippen LogP) is 2.43.